The zero-order valence-corrected chi connectivity index (χ0v) is 18.6. The number of hydrogen-bond donors (Lipinski definition) is 0. The largest absolute Gasteiger partial charge is 0.454 e. The molecule has 0 saturated carbocycles. The summed E-state index contributed by atoms with van der Waals surface area (Å²) >= 11 is 0. The number of nitrogens with zero attached hydrogens (tertiary/aromatic N) is 2. The zero-order valence-electron chi connectivity index (χ0n) is 17.8. The normalized spacial score (nSPS) is 15.3. The number of Topliss-reactive ketones (excluding diaryl/α,β-unsaturated/α-hetero) is 1. The summed E-state index contributed by atoms with van der Waals surface area (Å²) in [4.78, 5) is 24.4. The maximum Gasteiger partial charge on any atom is 0.331 e. The van der Waals surface area contributed by atoms with E-state index in [2.05, 4.69) is 0 Å². The molecule has 2 heterocycles. The van der Waals surface area contributed by atoms with Crippen LogP contribution in [0.25, 0.3) is 6.08 Å². The third kappa shape index (κ3) is 5.30. The Kier molecular flexibility index (Phi) is 7.09. The van der Waals surface area contributed by atoms with E-state index in [9.17, 15) is 18.0 Å². The lowest BCUT2D eigenvalue weighted by Crippen LogP contribution is -2.40. The van der Waals surface area contributed by atoms with E-state index in [1.165, 1.54) is 28.6 Å². The van der Waals surface area contributed by atoms with Crippen molar-refractivity contribution in [3.05, 3.63) is 58.9 Å². The molecular formula is C22H26N2O6S. The number of ether oxygens (including phenoxy) is 2. The molecule has 0 radical (unpaired) electrons. The van der Waals surface area contributed by atoms with Crippen LogP contribution in [0.3, 0.4) is 0 Å². The van der Waals surface area contributed by atoms with Crippen LogP contribution in [0.1, 0.15) is 27.3 Å². The Morgan fingerprint density at radius 1 is 1.13 bits per heavy atom. The Morgan fingerprint density at radius 3 is 2.35 bits per heavy atom. The molecule has 1 saturated heterocycles. The van der Waals surface area contributed by atoms with Crippen LogP contribution in [-0.4, -0.2) is 62.0 Å². The minimum Gasteiger partial charge on any atom is -0.454 e. The van der Waals surface area contributed by atoms with E-state index in [-0.39, 0.29) is 17.3 Å². The van der Waals surface area contributed by atoms with Gasteiger partial charge < -0.3 is 14.0 Å². The molecule has 2 aromatic rings. The summed E-state index contributed by atoms with van der Waals surface area (Å²) in [6.07, 6.45) is 2.72. The molecule has 166 valence electrons. The minimum atomic E-state index is -3.56. The Bertz CT molecular complexity index is 1090. The number of ketones is 1. The third-order valence-corrected chi connectivity index (χ3v) is 7.23. The second-order valence-electron chi connectivity index (χ2n) is 7.29. The minimum absolute atomic E-state index is 0.188. The summed E-state index contributed by atoms with van der Waals surface area (Å²) in [6, 6.07) is 7.99. The third-order valence-electron chi connectivity index (χ3n) is 5.32. The molecular weight excluding hydrogens is 420 g/mol. The van der Waals surface area contributed by atoms with Crippen molar-refractivity contribution < 1.29 is 27.5 Å². The van der Waals surface area contributed by atoms with Gasteiger partial charge in [0.25, 0.3) is 0 Å². The first-order valence-corrected chi connectivity index (χ1v) is 11.3. The fraction of sp³-hybridized carbons (Fsp3) is 0.364. The summed E-state index contributed by atoms with van der Waals surface area (Å²) in [7, 11) is -1.69. The van der Waals surface area contributed by atoms with Gasteiger partial charge in [-0.1, -0.05) is 12.1 Å². The number of rotatable bonds is 7. The van der Waals surface area contributed by atoms with Crippen molar-refractivity contribution in [1.29, 1.82) is 0 Å². The first-order valence-electron chi connectivity index (χ1n) is 9.89. The second-order valence-corrected chi connectivity index (χ2v) is 9.23. The Balaban J connectivity index is 1.57. The predicted molar refractivity (Wildman–Crippen MR) is 115 cm³/mol. The number of sulfonamides is 1. The smallest absolute Gasteiger partial charge is 0.331 e. The van der Waals surface area contributed by atoms with Crippen LogP contribution >= 0.6 is 0 Å². The zero-order chi connectivity index (χ0) is 22.6. The summed E-state index contributed by atoms with van der Waals surface area (Å²) in [5.74, 6) is -0.913. The van der Waals surface area contributed by atoms with E-state index < -0.39 is 16.0 Å². The van der Waals surface area contributed by atoms with Crippen molar-refractivity contribution in [2.75, 3.05) is 32.9 Å². The van der Waals surface area contributed by atoms with Crippen molar-refractivity contribution >= 4 is 27.9 Å². The maximum absolute atomic E-state index is 12.6. The number of aromatic nitrogens is 1. The van der Waals surface area contributed by atoms with Gasteiger partial charge in [0.15, 0.2) is 6.61 Å². The van der Waals surface area contributed by atoms with Crippen LogP contribution in [0.4, 0.5) is 0 Å². The highest BCUT2D eigenvalue weighted by atomic mass is 32.2. The molecule has 1 aromatic carbocycles. The molecule has 0 aliphatic carbocycles. The van der Waals surface area contributed by atoms with Crippen LogP contribution in [-0.2, 0) is 31.3 Å². The number of morpholine rings is 1. The van der Waals surface area contributed by atoms with Gasteiger partial charge in [0, 0.05) is 43.2 Å². The first kappa shape index (κ1) is 22.9. The van der Waals surface area contributed by atoms with Crippen molar-refractivity contribution in [2.24, 2.45) is 7.05 Å². The van der Waals surface area contributed by atoms with E-state index >= 15 is 0 Å². The second kappa shape index (κ2) is 9.59. The van der Waals surface area contributed by atoms with Crippen LogP contribution in [0, 0.1) is 13.8 Å². The molecule has 0 spiro atoms. The number of aryl methyl sites for hydroxylation is 1. The predicted octanol–water partition coefficient (Wildman–Crippen LogP) is 2.10. The molecule has 0 atom stereocenters. The van der Waals surface area contributed by atoms with Crippen molar-refractivity contribution in [1.82, 2.24) is 8.87 Å². The van der Waals surface area contributed by atoms with E-state index in [4.69, 9.17) is 9.47 Å². The average Bonchev–Trinajstić information content (AvgIpc) is 3.04. The SMILES string of the molecule is Cc1cc(C(=O)COC(=O)C=Cc2ccc(S(=O)(=O)N3CCOCC3)cc2)c(C)n1C. The lowest BCUT2D eigenvalue weighted by Gasteiger charge is -2.26. The summed E-state index contributed by atoms with van der Waals surface area (Å²) in [5, 5.41) is 0. The lowest BCUT2D eigenvalue weighted by molar-refractivity contribution is -0.136. The molecule has 1 aromatic heterocycles. The first-order chi connectivity index (χ1) is 14.7. The van der Waals surface area contributed by atoms with Gasteiger partial charge in [-0.15, -0.1) is 0 Å². The van der Waals surface area contributed by atoms with Gasteiger partial charge in [-0.05, 0) is 43.7 Å². The monoisotopic (exact) mass is 446 g/mol. The number of hydrogen-bond acceptors (Lipinski definition) is 6. The highest BCUT2D eigenvalue weighted by molar-refractivity contribution is 7.89. The van der Waals surface area contributed by atoms with E-state index in [0.29, 0.717) is 37.4 Å². The van der Waals surface area contributed by atoms with Crippen LogP contribution in [0.2, 0.25) is 0 Å². The van der Waals surface area contributed by atoms with Crippen LogP contribution < -0.4 is 0 Å². The Labute approximate surface area is 182 Å². The van der Waals surface area contributed by atoms with Crippen LogP contribution in [0.15, 0.2) is 41.3 Å². The number of carbonyl (C=O) groups is 2. The van der Waals surface area contributed by atoms with Gasteiger partial charge >= 0.3 is 5.97 Å². The highest BCUT2D eigenvalue weighted by Gasteiger charge is 2.26. The van der Waals surface area contributed by atoms with Gasteiger partial charge in [0.1, 0.15) is 0 Å². The standard InChI is InChI=1S/C22H26N2O6S/c1-16-14-20(17(2)23(16)3)21(25)15-30-22(26)9-6-18-4-7-19(8-5-18)31(27,28)24-10-12-29-13-11-24/h4-9,14H,10-13,15H2,1-3H3. The van der Waals surface area contributed by atoms with Crippen molar-refractivity contribution in [2.45, 2.75) is 18.7 Å². The number of benzene rings is 1. The van der Waals surface area contributed by atoms with Gasteiger partial charge in [0.05, 0.1) is 18.1 Å². The molecule has 8 nitrogen and oxygen atoms in total. The Hall–Kier alpha value is -2.75. The summed E-state index contributed by atoms with van der Waals surface area (Å²) in [6.45, 7) is 4.82. The summed E-state index contributed by atoms with van der Waals surface area (Å²) < 4.78 is 38.8. The van der Waals surface area contributed by atoms with Crippen molar-refractivity contribution in [3.8, 4) is 0 Å². The lowest BCUT2D eigenvalue weighted by atomic mass is 10.1. The molecule has 9 heteroatoms. The molecule has 1 aliphatic heterocycles. The van der Waals surface area contributed by atoms with Crippen molar-refractivity contribution in [3.63, 3.8) is 0 Å². The molecule has 31 heavy (non-hydrogen) atoms. The van der Waals surface area contributed by atoms with E-state index in [1.54, 1.807) is 18.2 Å². The topological polar surface area (TPSA) is 94.9 Å². The number of carbonyl (C=O) groups excluding carboxylic acids is 2. The molecule has 3 rings (SSSR count). The highest BCUT2D eigenvalue weighted by Crippen LogP contribution is 2.18. The van der Waals surface area contributed by atoms with Gasteiger partial charge in [0.2, 0.25) is 15.8 Å². The van der Waals surface area contributed by atoms with Gasteiger partial charge in [-0.2, -0.15) is 4.31 Å². The average molecular weight is 447 g/mol. The molecule has 0 N–H and O–H groups in total. The molecule has 1 fully saturated rings. The maximum atomic E-state index is 12.6. The number of esters is 1. The molecule has 1 aliphatic rings. The quantitative estimate of drug-likeness (QED) is 0.367. The Morgan fingerprint density at radius 2 is 1.77 bits per heavy atom. The molecule has 0 amide bonds. The van der Waals surface area contributed by atoms with Crippen LogP contribution in [0.5, 0.6) is 0 Å². The fourth-order valence-corrected chi connectivity index (χ4v) is 4.66. The molecule has 0 unspecified atom stereocenters. The summed E-state index contributed by atoms with van der Waals surface area (Å²) in [5.41, 5.74) is 2.94. The fourth-order valence-electron chi connectivity index (χ4n) is 3.25. The molecule has 0 bridgehead atoms. The van der Waals surface area contributed by atoms with E-state index in [1.807, 2.05) is 25.5 Å². The van der Waals surface area contributed by atoms with Gasteiger partial charge in [-0.3, -0.25) is 4.79 Å². The van der Waals surface area contributed by atoms with Gasteiger partial charge in [-0.25, -0.2) is 13.2 Å². The van der Waals surface area contributed by atoms with E-state index in [0.717, 1.165) is 11.4 Å².